The van der Waals surface area contributed by atoms with Crippen molar-refractivity contribution in [3.63, 3.8) is 0 Å². The molecule has 11 nitrogen and oxygen atoms in total. The molecule has 0 fully saturated rings. The molecule has 4 rings (SSSR count). The molecule has 0 saturated heterocycles. The molecule has 15 heteroatoms. The number of benzene rings is 1. The Morgan fingerprint density at radius 1 is 1.27 bits per heavy atom. The molecule has 1 unspecified atom stereocenters. The van der Waals surface area contributed by atoms with Crippen LogP contribution in [-0.2, 0) is 10.0 Å². The summed E-state index contributed by atoms with van der Waals surface area (Å²) in [4.78, 5) is 32.9. The van der Waals surface area contributed by atoms with E-state index in [1.54, 1.807) is 7.05 Å². The van der Waals surface area contributed by atoms with Crippen LogP contribution in [0.25, 0.3) is 0 Å². The lowest BCUT2D eigenvalue weighted by atomic mass is 10.1. The van der Waals surface area contributed by atoms with E-state index in [9.17, 15) is 22.4 Å². The molecule has 0 bridgehead atoms. The number of urea groups is 1. The van der Waals surface area contributed by atoms with Gasteiger partial charge in [-0.15, -0.1) is 11.3 Å². The number of rotatable bonds is 7. The van der Waals surface area contributed by atoms with E-state index >= 15 is 0 Å². The monoisotopic (exact) mass is 568 g/mol. The molecule has 196 valence electrons. The van der Waals surface area contributed by atoms with Crippen LogP contribution >= 0.6 is 22.9 Å². The molecular formula is C22H22ClFN6O5S2. The van der Waals surface area contributed by atoms with Crippen molar-refractivity contribution in [1.82, 2.24) is 14.6 Å². The lowest BCUT2D eigenvalue weighted by Gasteiger charge is -2.38. The van der Waals surface area contributed by atoms with E-state index in [2.05, 4.69) is 15.6 Å². The summed E-state index contributed by atoms with van der Waals surface area (Å²) >= 11 is 6.57. The number of fused-ring (bicyclic) bond motifs is 1. The van der Waals surface area contributed by atoms with Gasteiger partial charge in [0, 0.05) is 13.1 Å². The summed E-state index contributed by atoms with van der Waals surface area (Å²) in [5.74, 6) is -0.821. The maximum Gasteiger partial charge on any atom is 0.334 e. The van der Waals surface area contributed by atoms with Crippen molar-refractivity contribution < 1.29 is 27.1 Å². The molecule has 0 radical (unpaired) electrons. The fourth-order valence-corrected chi connectivity index (χ4v) is 5.93. The highest BCUT2D eigenvalue weighted by atomic mass is 35.5. The number of hydrogen-bond donors (Lipinski definition) is 3. The second-order valence-corrected chi connectivity index (χ2v) is 11.7. The number of halogens is 2. The van der Waals surface area contributed by atoms with Crippen LogP contribution in [0.1, 0.15) is 10.4 Å². The second-order valence-electron chi connectivity index (χ2n) is 8.11. The normalized spacial score (nSPS) is 15.2. The largest absolute Gasteiger partial charge is 0.468 e. The van der Waals surface area contributed by atoms with Crippen molar-refractivity contribution in [3.8, 4) is 5.75 Å². The first kappa shape index (κ1) is 26.6. The molecule has 1 aliphatic rings. The average Bonchev–Trinajstić information content (AvgIpc) is 3.27. The molecule has 0 spiro atoms. The number of likely N-dealkylation sites (N-methyl/N-ethyl adjacent to an activating group) is 1. The van der Waals surface area contributed by atoms with Crippen molar-refractivity contribution in [2.75, 3.05) is 43.2 Å². The summed E-state index contributed by atoms with van der Waals surface area (Å²) in [7, 11) is 1.08. The Morgan fingerprint density at radius 3 is 2.62 bits per heavy atom. The molecule has 0 saturated carbocycles. The van der Waals surface area contributed by atoms with Crippen LogP contribution in [0.15, 0.2) is 46.8 Å². The Morgan fingerprint density at radius 2 is 2.03 bits per heavy atom. The number of hydrogen-bond acceptors (Lipinski definition) is 9. The third-order valence-electron chi connectivity index (χ3n) is 5.17. The molecule has 37 heavy (non-hydrogen) atoms. The molecule has 3 heterocycles. The molecule has 0 aliphatic carbocycles. The van der Waals surface area contributed by atoms with Gasteiger partial charge < -0.3 is 15.0 Å². The van der Waals surface area contributed by atoms with Gasteiger partial charge in [0.1, 0.15) is 21.6 Å². The Kier molecular flexibility index (Phi) is 7.54. The van der Waals surface area contributed by atoms with Crippen molar-refractivity contribution in [2.24, 2.45) is 0 Å². The fourth-order valence-electron chi connectivity index (χ4n) is 3.54. The van der Waals surface area contributed by atoms with Crippen molar-refractivity contribution >= 4 is 62.1 Å². The van der Waals surface area contributed by atoms with E-state index < -0.39 is 34.0 Å². The maximum absolute atomic E-state index is 14.4. The first-order valence-electron chi connectivity index (χ1n) is 10.7. The first-order chi connectivity index (χ1) is 17.5. The molecule has 1 aromatic carbocycles. The highest BCUT2D eigenvalue weighted by molar-refractivity contribution is 7.92. The van der Waals surface area contributed by atoms with Gasteiger partial charge in [-0.2, -0.15) is 0 Å². The Labute approximate surface area is 221 Å². The lowest BCUT2D eigenvalue weighted by molar-refractivity contribution is 0.0814. The van der Waals surface area contributed by atoms with E-state index in [0.29, 0.717) is 12.2 Å². The average molecular weight is 569 g/mol. The van der Waals surface area contributed by atoms with Crippen molar-refractivity contribution in [2.45, 2.75) is 10.4 Å². The van der Waals surface area contributed by atoms with E-state index in [1.807, 2.05) is 23.7 Å². The summed E-state index contributed by atoms with van der Waals surface area (Å²) in [5.41, 5.74) is 0.572. The highest BCUT2D eigenvalue weighted by Crippen LogP contribution is 2.35. The number of aromatic nitrogens is 1. The molecule has 2 aromatic heterocycles. The Hall–Kier alpha value is -3.46. The lowest BCUT2D eigenvalue weighted by Crippen LogP contribution is -2.52. The van der Waals surface area contributed by atoms with Gasteiger partial charge in [0.05, 0.1) is 34.0 Å². The summed E-state index contributed by atoms with van der Waals surface area (Å²) in [6.07, 6.45) is 0.563. The number of anilines is 3. The Bertz CT molecular complexity index is 1450. The number of nitrogens with one attached hydrogen (secondary N) is 3. The predicted molar refractivity (Wildman–Crippen MR) is 139 cm³/mol. The second kappa shape index (κ2) is 10.5. The molecule has 1 atom stereocenters. The van der Waals surface area contributed by atoms with Gasteiger partial charge in [-0.25, -0.2) is 27.3 Å². The number of nitrogens with zero attached hydrogens (tertiary/aromatic N) is 3. The topological polar surface area (TPSA) is 133 Å². The standard InChI is InChI=1S/C22H22ClFN6O5S2/c1-25-15-9-16-13(8-14(15)24)21(31)30(19(35-16)11-29(2)3)12-4-6-18(26-10-12)27-22(32)28-37(33,34)20-7-5-17(23)36-20/h4-10,19,25H,11H2,1-3H3,(H2,26,27,28,32). The van der Waals surface area contributed by atoms with Crippen molar-refractivity contribution in [3.05, 3.63) is 58.3 Å². The third kappa shape index (κ3) is 5.77. The van der Waals surface area contributed by atoms with Crippen LogP contribution in [-0.4, -0.2) is 64.2 Å². The zero-order valence-corrected chi connectivity index (χ0v) is 22.2. The smallest absolute Gasteiger partial charge is 0.334 e. The predicted octanol–water partition coefficient (Wildman–Crippen LogP) is 3.41. The number of pyridine rings is 1. The zero-order valence-electron chi connectivity index (χ0n) is 19.8. The van der Waals surface area contributed by atoms with E-state index in [0.717, 1.165) is 17.4 Å². The van der Waals surface area contributed by atoms with Gasteiger partial charge in [-0.1, -0.05) is 11.6 Å². The summed E-state index contributed by atoms with van der Waals surface area (Å²) in [5, 5.41) is 5.05. The zero-order chi connectivity index (χ0) is 26.9. The first-order valence-corrected chi connectivity index (χ1v) is 13.4. The number of amides is 3. The van der Waals surface area contributed by atoms with E-state index in [-0.39, 0.29) is 31.4 Å². The van der Waals surface area contributed by atoms with Crippen molar-refractivity contribution in [1.29, 1.82) is 0 Å². The number of carbonyl (C=O) groups excluding carboxylic acids is 2. The molecular weight excluding hydrogens is 547 g/mol. The highest BCUT2D eigenvalue weighted by Gasteiger charge is 2.36. The third-order valence-corrected chi connectivity index (χ3v) is 8.22. The van der Waals surface area contributed by atoms with Gasteiger partial charge >= 0.3 is 6.03 Å². The van der Waals surface area contributed by atoms with Gasteiger partial charge in [0.25, 0.3) is 15.9 Å². The minimum Gasteiger partial charge on any atom is -0.468 e. The fraction of sp³-hybridized carbons (Fsp3) is 0.227. The van der Waals surface area contributed by atoms with Gasteiger partial charge in [-0.05, 0) is 44.4 Å². The SMILES string of the molecule is CNc1cc2c(cc1F)C(=O)N(c1ccc(NC(=O)NS(=O)(=O)c3ccc(Cl)s3)nc1)C(CN(C)C)O2. The Balaban J connectivity index is 1.54. The van der Waals surface area contributed by atoms with Crippen LogP contribution < -0.4 is 25.0 Å². The number of ether oxygens (including phenoxy) is 1. The van der Waals surface area contributed by atoms with Crippen LogP contribution in [0.4, 0.5) is 26.4 Å². The van der Waals surface area contributed by atoms with Crippen LogP contribution in [0, 0.1) is 5.82 Å². The molecule has 3 aromatic rings. The van der Waals surface area contributed by atoms with Crippen LogP contribution in [0.2, 0.25) is 4.34 Å². The van der Waals surface area contributed by atoms with Gasteiger partial charge in [0.15, 0.2) is 6.23 Å². The van der Waals surface area contributed by atoms with Crippen LogP contribution in [0.5, 0.6) is 5.75 Å². The van der Waals surface area contributed by atoms with E-state index in [4.69, 9.17) is 16.3 Å². The molecule has 3 amide bonds. The maximum atomic E-state index is 14.4. The quantitative estimate of drug-likeness (QED) is 0.395. The summed E-state index contributed by atoms with van der Waals surface area (Å²) in [6, 6.07) is 7.09. The minimum absolute atomic E-state index is 0.0281. The summed E-state index contributed by atoms with van der Waals surface area (Å²) in [6.45, 7) is 0.324. The minimum atomic E-state index is -4.11. The number of carbonyl (C=O) groups is 2. The molecule has 3 N–H and O–H groups in total. The molecule has 1 aliphatic heterocycles. The summed E-state index contributed by atoms with van der Waals surface area (Å²) < 4.78 is 47.0. The van der Waals surface area contributed by atoms with Crippen LogP contribution in [0.3, 0.4) is 0 Å². The van der Waals surface area contributed by atoms with Gasteiger partial charge in [0.2, 0.25) is 0 Å². The van der Waals surface area contributed by atoms with E-state index in [1.165, 1.54) is 41.4 Å². The van der Waals surface area contributed by atoms with Gasteiger partial charge in [-0.3, -0.25) is 15.0 Å². The number of thiophene rings is 1. The number of sulfonamides is 1.